The highest BCUT2D eigenvalue weighted by Gasteiger charge is 2.41. The van der Waals surface area contributed by atoms with Crippen molar-refractivity contribution in [1.29, 1.82) is 0 Å². The van der Waals surface area contributed by atoms with Crippen molar-refractivity contribution in [3.8, 4) is 0 Å². The number of aryl methyl sites for hydroxylation is 1. The van der Waals surface area contributed by atoms with Crippen LogP contribution >= 0.6 is 0 Å². The highest BCUT2D eigenvalue weighted by Crippen LogP contribution is 2.48. The van der Waals surface area contributed by atoms with Crippen LogP contribution in [-0.2, 0) is 6.42 Å². The Hall–Kier alpha value is -2.40. The first-order chi connectivity index (χ1) is 14.6. The normalized spacial score (nSPS) is 23.0. The fourth-order valence-electron chi connectivity index (χ4n) is 5.83. The Morgan fingerprint density at radius 2 is 2.00 bits per heavy atom. The number of rotatable bonds is 5. The number of halogens is 1. The summed E-state index contributed by atoms with van der Waals surface area (Å²) in [5, 5.41) is 0. The smallest absolute Gasteiger partial charge is 0.164 e. The first-order valence-corrected chi connectivity index (χ1v) is 11.3. The van der Waals surface area contributed by atoms with Crippen LogP contribution < -0.4 is 10.6 Å². The van der Waals surface area contributed by atoms with Crippen LogP contribution in [0.5, 0.6) is 0 Å². The summed E-state index contributed by atoms with van der Waals surface area (Å²) in [5.74, 6) is 0.249. The van der Waals surface area contributed by atoms with Gasteiger partial charge in [-0.15, -0.1) is 0 Å². The quantitative estimate of drug-likeness (QED) is 0.590. The molecule has 3 heterocycles. The second-order valence-electron chi connectivity index (χ2n) is 9.00. The van der Waals surface area contributed by atoms with Gasteiger partial charge in [-0.3, -0.25) is 4.79 Å². The predicted molar refractivity (Wildman–Crippen MR) is 119 cm³/mol. The van der Waals surface area contributed by atoms with Crippen molar-refractivity contribution in [3.63, 3.8) is 0 Å². The van der Waals surface area contributed by atoms with E-state index in [0.717, 1.165) is 26.1 Å². The summed E-state index contributed by atoms with van der Waals surface area (Å²) >= 11 is 0. The van der Waals surface area contributed by atoms with Crippen molar-refractivity contribution < 1.29 is 9.18 Å². The van der Waals surface area contributed by atoms with Gasteiger partial charge in [-0.2, -0.15) is 0 Å². The van der Waals surface area contributed by atoms with E-state index in [4.69, 9.17) is 5.73 Å². The van der Waals surface area contributed by atoms with Crippen molar-refractivity contribution in [3.05, 3.63) is 58.9 Å². The number of carbonyl (C=O) groups excluding carboxylic acids is 1. The van der Waals surface area contributed by atoms with Gasteiger partial charge in [-0.05, 0) is 74.5 Å². The molecular weight excluding hydrogens is 377 g/mol. The Balaban J connectivity index is 1.19. The lowest BCUT2D eigenvalue weighted by Gasteiger charge is -2.33. The maximum atomic E-state index is 13.2. The minimum atomic E-state index is -0.401. The number of anilines is 2. The molecule has 2 unspecified atom stereocenters. The topological polar surface area (TPSA) is 49.6 Å². The summed E-state index contributed by atoms with van der Waals surface area (Å²) in [5.41, 5.74) is 11.2. The molecule has 0 aliphatic carbocycles. The van der Waals surface area contributed by atoms with Gasteiger partial charge in [0.05, 0.1) is 0 Å². The number of hydrogen-bond acceptors (Lipinski definition) is 4. The zero-order valence-electron chi connectivity index (χ0n) is 17.4. The van der Waals surface area contributed by atoms with E-state index in [2.05, 4.69) is 28.0 Å². The van der Waals surface area contributed by atoms with Gasteiger partial charge in [0.2, 0.25) is 0 Å². The lowest BCUT2D eigenvalue weighted by Crippen LogP contribution is -2.38. The first-order valence-electron chi connectivity index (χ1n) is 11.3. The lowest BCUT2D eigenvalue weighted by atomic mass is 9.90. The van der Waals surface area contributed by atoms with Crippen LogP contribution in [0.25, 0.3) is 0 Å². The van der Waals surface area contributed by atoms with Crippen molar-refractivity contribution in [2.75, 3.05) is 36.8 Å². The zero-order chi connectivity index (χ0) is 20.7. The van der Waals surface area contributed by atoms with Crippen LogP contribution in [0.3, 0.4) is 0 Å². The predicted octanol–water partition coefficient (Wildman–Crippen LogP) is 4.39. The molecule has 0 aromatic heterocycles. The van der Waals surface area contributed by atoms with Crippen molar-refractivity contribution in [2.24, 2.45) is 0 Å². The third-order valence-corrected chi connectivity index (χ3v) is 7.24. The molecule has 5 heteroatoms. The Kier molecular flexibility index (Phi) is 5.23. The molecule has 0 saturated carbocycles. The van der Waals surface area contributed by atoms with Crippen molar-refractivity contribution in [2.45, 2.75) is 50.5 Å². The van der Waals surface area contributed by atoms with Gasteiger partial charge < -0.3 is 15.5 Å². The van der Waals surface area contributed by atoms with Crippen LogP contribution in [0, 0.1) is 5.82 Å². The molecule has 5 rings (SSSR count). The number of ketones is 1. The average molecular weight is 408 g/mol. The highest BCUT2D eigenvalue weighted by atomic mass is 19.1. The average Bonchev–Trinajstić information content (AvgIpc) is 2.90. The number of para-hydroxylation sites is 1. The Bertz CT molecular complexity index is 959. The van der Waals surface area contributed by atoms with E-state index >= 15 is 0 Å². The standard InChI is InChI=1S/C25H30FN3O/c26-18-8-9-21(22(27)16-18)24(30)7-3-12-28-14-10-19-20-6-1-4-17-5-2-13-29(25(17)20)23(19)11-15-28/h1,4,6,8-9,16,19,23H,2-3,5,7,10-15,27H2. The molecule has 2 atom stereocenters. The van der Waals surface area contributed by atoms with E-state index in [9.17, 15) is 9.18 Å². The molecule has 3 aliphatic heterocycles. The zero-order valence-corrected chi connectivity index (χ0v) is 17.4. The van der Waals surface area contributed by atoms with Gasteiger partial charge in [0.1, 0.15) is 5.82 Å². The minimum absolute atomic E-state index is 0.00830. The van der Waals surface area contributed by atoms with E-state index in [1.54, 1.807) is 16.8 Å². The number of hydrogen-bond donors (Lipinski definition) is 1. The molecule has 0 radical (unpaired) electrons. The molecule has 3 aliphatic rings. The van der Waals surface area contributed by atoms with Crippen LogP contribution in [-0.4, -0.2) is 42.9 Å². The molecule has 30 heavy (non-hydrogen) atoms. The summed E-state index contributed by atoms with van der Waals surface area (Å²) in [6.07, 6.45) is 6.14. The summed E-state index contributed by atoms with van der Waals surface area (Å²) in [6, 6.07) is 11.6. The summed E-state index contributed by atoms with van der Waals surface area (Å²) in [7, 11) is 0. The fraction of sp³-hybridized carbons (Fsp3) is 0.480. The third kappa shape index (κ3) is 3.49. The van der Waals surface area contributed by atoms with Gasteiger partial charge >= 0.3 is 0 Å². The summed E-state index contributed by atoms with van der Waals surface area (Å²) < 4.78 is 13.2. The fourth-order valence-corrected chi connectivity index (χ4v) is 5.83. The molecule has 158 valence electrons. The van der Waals surface area contributed by atoms with Crippen molar-refractivity contribution >= 4 is 17.2 Å². The van der Waals surface area contributed by atoms with E-state index in [1.807, 2.05) is 0 Å². The molecule has 2 aromatic carbocycles. The van der Waals surface area contributed by atoms with E-state index in [0.29, 0.717) is 23.9 Å². The molecular formula is C25H30FN3O. The van der Waals surface area contributed by atoms with Crippen LogP contribution in [0.4, 0.5) is 15.8 Å². The molecule has 4 nitrogen and oxygen atoms in total. The Morgan fingerprint density at radius 1 is 1.13 bits per heavy atom. The Morgan fingerprint density at radius 3 is 2.87 bits per heavy atom. The van der Waals surface area contributed by atoms with Crippen LogP contribution in [0.1, 0.15) is 59.5 Å². The number of nitrogens with zero attached hydrogens (tertiary/aromatic N) is 2. The number of likely N-dealkylation sites (tertiary alicyclic amines) is 1. The first kappa shape index (κ1) is 19.6. The molecule has 2 aromatic rings. The van der Waals surface area contributed by atoms with Crippen LogP contribution in [0.15, 0.2) is 36.4 Å². The molecule has 1 fully saturated rings. The largest absolute Gasteiger partial charge is 0.398 e. The van der Waals surface area contributed by atoms with Gasteiger partial charge in [0.25, 0.3) is 0 Å². The van der Waals surface area contributed by atoms with E-state index in [-0.39, 0.29) is 11.5 Å². The second-order valence-corrected chi connectivity index (χ2v) is 9.00. The maximum Gasteiger partial charge on any atom is 0.164 e. The SMILES string of the molecule is Nc1cc(F)ccc1C(=O)CCCN1CCC2c3cccc4c3N(CCC4)C2CC1. The Labute approximate surface area is 177 Å². The molecule has 0 amide bonds. The summed E-state index contributed by atoms with van der Waals surface area (Å²) in [4.78, 5) is 17.7. The molecule has 2 N–H and O–H groups in total. The molecule has 1 saturated heterocycles. The second kappa shape index (κ2) is 8.03. The molecule has 0 bridgehead atoms. The van der Waals surface area contributed by atoms with Crippen molar-refractivity contribution in [1.82, 2.24) is 4.90 Å². The highest BCUT2D eigenvalue weighted by molar-refractivity contribution is 6.00. The monoisotopic (exact) mass is 407 g/mol. The number of benzene rings is 2. The lowest BCUT2D eigenvalue weighted by molar-refractivity contribution is 0.0975. The number of nitrogen functional groups attached to an aromatic ring is 1. The van der Waals surface area contributed by atoms with Gasteiger partial charge in [-0.25, -0.2) is 4.39 Å². The van der Waals surface area contributed by atoms with Gasteiger partial charge in [-0.1, -0.05) is 18.2 Å². The number of nitrogens with two attached hydrogens (primary N) is 1. The van der Waals surface area contributed by atoms with E-state index in [1.165, 1.54) is 50.4 Å². The number of Topliss-reactive ketones (excluding diaryl/α,β-unsaturated/α-hetero) is 1. The molecule has 0 spiro atoms. The minimum Gasteiger partial charge on any atom is -0.398 e. The number of fused-ring (bicyclic) bond motifs is 3. The summed E-state index contributed by atoms with van der Waals surface area (Å²) in [6.45, 7) is 4.30. The third-order valence-electron chi connectivity index (χ3n) is 7.24. The van der Waals surface area contributed by atoms with Crippen LogP contribution in [0.2, 0.25) is 0 Å². The number of carbonyl (C=O) groups is 1. The van der Waals surface area contributed by atoms with Gasteiger partial charge in [0, 0.05) is 48.4 Å². The maximum absolute atomic E-state index is 13.2. The van der Waals surface area contributed by atoms with E-state index < -0.39 is 5.82 Å². The van der Waals surface area contributed by atoms with Gasteiger partial charge in [0.15, 0.2) is 5.78 Å².